The molecule has 1 aliphatic heterocycles. The SMILES string of the molecule is CC[N+]1=C(/C=C/Nc2ccccc2)SC[C@@H]1C. The highest BCUT2D eigenvalue weighted by Crippen LogP contribution is 2.18. The van der Waals surface area contributed by atoms with Crippen molar-refractivity contribution in [3.05, 3.63) is 42.6 Å². The van der Waals surface area contributed by atoms with E-state index < -0.39 is 0 Å². The average Bonchev–Trinajstić information content (AvgIpc) is 2.71. The molecule has 0 unspecified atom stereocenters. The van der Waals surface area contributed by atoms with Gasteiger partial charge in [-0.3, -0.25) is 0 Å². The molecule has 0 saturated heterocycles. The second kappa shape index (κ2) is 5.92. The van der Waals surface area contributed by atoms with Crippen LogP contribution in [0, 0.1) is 0 Å². The Kier molecular flexibility index (Phi) is 4.26. The third-order valence-corrected chi connectivity index (χ3v) is 4.19. The van der Waals surface area contributed by atoms with Crippen LogP contribution in [0.15, 0.2) is 42.6 Å². The molecule has 3 heteroatoms. The Hall–Kier alpha value is -1.22. The van der Waals surface area contributed by atoms with Crippen LogP contribution in [0.2, 0.25) is 0 Å². The summed E-state index contributed by atoms with van der Waals surface area (Å²) >= 11 is 1.93. The van der Waals surface area contributed by atoms with Crippen LogP contribution in [0.5, 0.6) is 0 Å². The van der Waals surface area contributed by atoms with Gasteiger partial charge in [0.15, 0.2) is 6.04 Å². The van der Waals surface area contributed by atoms with E-state index in [2.05, 4.69) is 41.9 Å². The van der Waals surface area contributed by atoms with Crippen molar-refractivity contribution in [3.63, 3.8) is 0 Å². The van der Waals surface area contributed by atoms with E-state index in [0.29, 0.717) is 6.04 Å². The minimum absolute atomic E-state index is 0.654. The molecule has 0 saturated carbocycles. The number of benzene rings is 1. The van der Waals surface area contributed by atoms with Gasteiger partial charge >= 0.3 is 0 Å². The van der Waals surface area contributed by atoms with Crippen LogP contribution < -0.4 is 5.32 Å². The molecule has 1 aliphatic rings. The molecular weight excluding hydrogens is 228 g/mol. The average molecular weight is 247 g/mol. The van der Waals surface area contributed by atoms with Gasteiger partial charge in [-0.25, -0.2) is 4.58 Å². The lowest BCUT2D eigenvalue weighted by molar-refractivity contribution is -0.547. The third-order valence-electron chi connectivity index (χ3n) is 2.88. The Morgan fingerprint density at radius 3 is 2.88 bits per heavy atom. The van der Waals surface area contributed by atoms with Crippen LogP contribution in [0.3, 0.4) is 0 Å². The highest BCUT2D eigenvalue weighted by Gasteiger charge is 2.26. The van der Waals surface area contributed by atoms with E-state index in [4.69, 9.17) is 0 Å². The van der Waals surface area contributed by atoms with Crippen LogP contribution in [0.1, 0.15) is 13.8 Å². The number of nitrogens with one attached hydrogen (secondary N) is 1. The molecule has 1 aromatic carbocycles. The first kappa shape index (κ1) is 12.2. The summed E-state index contributed by atoms with van der Waals surface area (Å²) in [5.41, 5.74) is 1.13. The zero-order valence-corrected chi connectivity index (χ0v) is 11.2. The zero-order valence-electron chi connectivity index (χ0n) is 10.4. The first-order valence-corrected chi connectivity index (χ1v) is 7.04. The Morgan fingerprint density at radius 2 is 2.18 bits per heavy atom. The number of nitrogens with zero attached hydrogens (tertiary/aromatic N) is 1. The lowest BCUT2D eigenvalue weighted by Crippen LogP contribution is -2.22. The van der Waals surface area contributed by atoms with Crippen molar-refractivity contribution in [1.82, 2.24) is 0 Å². The summed E-state index contributed by atoms with van der Waals surface area (Å²) < 4.78 is 2.44. The van der Waals surface area contributed by atoms with Crippen molar-refractivity contribution < 1.29 is 4.58 Å². The van der Waals surface area contributed by atoms with Gasteiger partial charge in [0.25, 0.3) is 0 Å². The molecule has 1 aromatic rings. The molecule has 1 atom stereocenters. The maximum absolute atomic E-state index is 3.29. The number of hydrogen-bond acceptors (Lipinski definition) is 2. The smallest absolute Gasteiger partial charge is 0.236 e. The largest absolute Gasteiger partial charge is 0.361 e. The van der Waals surface area contributed by atoms with Gasteiger partial charge < -0.3 is 5.32 Å². The standard InChI is InChI=1S/C14H18N2S/c1-3-16-12(2)11-17-14(16)9-10-15-13-7-5-4-6-8-13/h4-10,12H,3,11H2,1-2H3/p+1/t12-/m0/s1. The maximum atomic E-state index is 3.29. The molecule has 0 fully saturated rings. The zero-order chi connectivity index (χ0) is 12.1. The van der Waals surface area contributed by atoms with E-state index in [1.54, 1.807) is 0 Å². The molecule has 0 radical (unpaired) electrons. The minimum atomic E-state index is 0.654. The second-order valence-corrected chi connectivity index (χ2v) is 5.17. The first-order chi connectivity index (χ1) is 8.31. The van der Waals surface area contributed by atoms with Crippen LogP contribution >= 0.6 is 11.8 Å². The molecule has 0 spiro atoms. The summed E-state index contributed by atoms with van der Waals surface area (Å²) in [7, 11) is 0. The Morgan fingerprint density at radius 1 is 1.41 bits per heavy atom. The van der Waals surface area contributed by atoms with E-state index in [9.17, 15) is 0 Å². The van der Waals surface area contributed by atoms with Crippen molar-refractivity contribution >= 4 is 22.5 Å². The molecule has 0 aromatic heterocycles. The van der Waals surface area contributed by atoms with E-state index in [1.165, 1.54) is 10.8 Å². The topological polar surface area (TPSA) is 15.0 Å². The number of thioether (sulfide) groups is 1. The van der Waals surface area contributed by atoms with E-state index >= 15 is 0 Å². The fourth-order valence-electron chi connectivity index (χ4n) is 1.95. The van der Waals surface area contributed by atoms with Gasteiger partial charge in [0.1, 0.15) is 6.54 Å². The molecule has 0 bridgehead atoms. The van der Waals surface area contributed by atoms with E-state index in [-0.39, 0.29) is 0 Å². The van der Waals surface area contributed by atoms with Gasteiger partial charge in [0.2, 0.25) is 5.04 Å². The Balaban J connectivity index is 1.99. The molecule has 1 heterocycles. The van der Waals surface area contributed by atoms with Crippen molar-refractivity contribution in [3.8, 4) is 0 Å². The monoisotopic (exact) mass is 247 g/mol. The predicted molar refractivity (Wildman–Crippen MR) is 76.9 cm³/mol. The highest BCUT2D eigenvalue weighted by molar-refractivity contribution is 8.14. The van der Waals surface area contributed by atoms with Gasteiger partial charge in [-0.2, -0.15) is 0 Å². The van der Waals surface area contributed by atoms with Crippen molar-refractivity contribution in [2.24, 2.45) is 0 Å². The van der Waals surface area contributed by atoms with Crippen LogP contribution in [0.25, 0.3) is 0 Å². The van der Waals surface area contributed by atoms with Gasteiger partial charge in [-0.05, 0) is 26.0 Å². The summed E-state index contributed by atoms with van der Waals surface area (Å²) in [5.74, 6) is 1.19. The summed E-state index contributed by atoms with van der Waals surface area (Å²) in [6.45, 7) is 5.57. The van der Waals surface area contributed by atoms with Crippen molar-refractivity contribution in [2.45, 2.75) is 19.9 Å². The minimum Gasteiger partial charge on any atom is -0.361 e. The fraction of sp³-hybridized carbons (Fsp3) is 0.357. The Bertz CT molecular complexity index is 423. The molecule has 17 heavy (non-hydrogen) atoms. The Labute approximate surface area is 107 Å². The normalized spacial score (nSPS) is 20.2. The maximum Gasteiger partial charge on any atom is 0.236 e. The second-order valence-electron chi connectivity index (χ2n) is 4.13. The van der Waals surface area contributed by atoms with Crippen molar-refractivity contribution in [2.75, 3.05) is 17.6 Å². The lowest BCUT2D eigenvalue weighted by Gasteiger charge is -2.01. The predicted octanol–water partition coefficient (Wildman–Crippen LogP) is 3.18. The highest BCUT2D eigenvalue weighted by atomic mass is 32.2. The van der Waals surface area contributed by atoms with Crippen molar-refractivity contribution in [1.29, 1.82) is 0 Å². The van der Waals surface area contributed by atoms with Gasteiger partial charge in [-0.15, -0.1) is 0 Å². The summed E-state index contributed by atoms with van der Waals surface area (Å²) in [5, 5.41) is 4.65. The van der Waals surface area contributed by atoms with Gasteiger partial charge in [0, 0.05) is 18.0 Å². The van der Waals surface area contributed by atoms with E-state index in [0.717, 1.165) is 12.2 Å². The molecule has 0 aliphatic carbocycles. The molecular formula is C14H19N2S+. The first-order valence-electron chi connectivity index (χ1n) is 6.05. The third kappa shape index (κ3) is 3.13. The number of rotatable bonds is 4. The summed E-state index contributed by atoms with van der Waals surface area (Å²) in [4.78, 5) is 0. The molecule has 90 valence electrons. The van der Waals surface area contributed by atoms with E-state index in [1.807, 2.05) is 36.2 Å². The molecule has 2 nitrogen and oxygen atoms in total. The fourth-order valence-corrected chi connectivity index (χ4v) is 3.18. The summed E-state index contributed by atoms with van der Waals surface area (Å²) in [6, 6.07) is 10.9. The number of para-hydroxylation sites is 1. The molecule has 1 N–H and O–H groups in total. The van der Waals surface area contributed by atoms with Crippen LogP contribution in [-0.4, -0.2) is 28.0 Å². The molecule has 2 rings (SSSR count). The number of hydrogen-bond donors (Lipinski definition) is 1. The molecule has 0 amide bonds. The number of anilines is 1. The van der Waals surface area contributed by atoms with Crippen LogP contribution in [-0.2, 0) is 0 Å². The lowest BCUT2D eigenvalue weighted by atomic mass is 10.3. The van der Waals surface area contributed by atoms with Crippen LogP contribution in [0.4, 0.5) is 5.69 Å². The summed E-state index contributed by atoms with van der Waals surface area (Å²) in [6.07, 6.45) is 4.20. The van der Waals surface area contributed by atoms with Gasteiger partial charge in [-0.1, -0.05) is 30.0 Å². The van der Waals surface area contributed by atoms with Gasteiger partial charge in [0.05, 0.1) is 5.75 Å². The quantitative estimate of drug-likeness (QED) is 0.822.